The highest BCUT2D eigenvalue weighted by molar-refractivity contribution is 5.90. The molecular weight excluding hydrogens is 414 g/mol. The van der Waals surface area contributed by atoms with Gasteiger partial charge in [0.15, 0.2) is 0 Å². The van der Waals surface area contributed by atoms with Crippen LogP contribution in [0.5, 0.6) is 5.75 Å². The maximum atomic E-state index is 14.0. The standard InChI is InChI=1S/C27H33N3O3/c1-4-25(31)30-17-15-27(16-18-30,21-11-7-6-8-12-21)26(32)28(3)19-22-20-29(5-2)23-13-9-10-14-24(23)33-22/h4,6-14,22H,1,5,15-20H2,2-3H3. The average molecular weight is 448 g/mol. The molecule has 174 valence electrons. The fourth-order valence-electron chi connectivity index (χ4n) is 5.15. The molecule has 2 aliphatic rings. The smallest absolute Gasteiger partial charge is 0.245 e. The summed E-state index contributed by atoms with van der Waals surface area (Å²) in [4.78, 5) is 32.0. The number of ether oxygens (including phenoxy) is 1. The number of carbonyl (C=O) groups excluding carboxylic acids is 2. The van der Waals surface area contributed by atoms with Crippen molar-refractivity contribution in [2.45, 2.75) is 31.3 Å². The van der Waals surface area contributed by atoms with E-state index in [9.17, 15) is 9.59 Å². The van der Waals surface area contributed by atoms with Gasteiger partial charge in [0.25, 0.3) is 0 Å². The van der Waals surface area contributed by atoms with E-state index < -0.39 is 5.41 Å². The number of rotatable bonds is 6. The van der Waals surface area contributed by atoms with Crippen molar-refractivity contribution < 1.29 is 14.3 Å². The summed E-state index contributed by atoms with van der Waals surface area (Å²) in [5, 5.41) is 0. The summed E-state index contributed by atoms with van der Waals surface area (Å²) in [6, 6.07) is 18.1. The molecule has 2 aromatic rings. The van der Waals surface area contributed by atoms with Gasteiger partial charge in [0.2, 0.25) is 11.8 Å². The van der Waals surface area contributed by atoms with Gasteiger partial charge in [-0.15, -0.1) is 0 Å². The van der Waals surface area contributed by atoms with Crippen molar-refractivity contribution in [3.05, 3.63) is 72.8 Å². The van der Waals surface area contributed by atoms with E-state index in [2.05, 4.69) is 24.5 Å². The van der Waals surface area contributed by atoms with Gasteiger partial charge in [0.1, 0.15) is 11.9 Å². The van der Waals surface area contributed by atoms with Crippen LogP contribution in [0.4, 0.5) is 5.69 Å². The Labute approximate surface area is 196 Å². The Balaban J connectivity index is 1.53. The number of para-hydroxylation sites is 2. The molecule has 1 fully saturated rings. The number of anilines is 1. The van der Waals surface area contributed by atoms with Crippen LogP contribution in [0.25, 0.3) is 0 Å². The summed E-state index contributed by atoms with van der Waals surface area (Å²) in [6.45, 7) is 8.95. The number of amides is 2. The molecule has 0 N–H and O–H groups in total. The minimum atomic E-state index is -0.648. The SMILES string of the molecule is C=CC(=O)N1CCC(C(=O)N(C)CC2CN(CC)c3ccccc3O2)(c2ccccc2)CC1. The average Bonchev–Trinajstić information content (AvgIpc) is 2.87. The van der Waals surface area contributed by atoms with Gasteiger partial charge in [0, 0.05) is 26.7 Å². The van der Waals surface area contributed by atoms with Crippen molar-refractivity contribution in [1.82, 2.24) is 9.80 Å². The van der Waals surface area contributed by atoms with Gasteiger partial charge in [-0.3, -0.25) is 9.59 Å². The van der Waals surface area contributed by atoms with Crippen molar-refractivity contribution in [1.29, 1.82) is 0 Å². The van der Waals surface area contributed by atoms with E-state index >= 15 is 0 Å². The first-order valence-corrected chi connectivity index (χ1v) is 11.7. The number of hydrogen-bond acceptors (Lipinski definition) is 4. The highest BCUT2D eigenvalue weighted by atomic mass is 16.5. The first kappa shape index (κ1) is 22.9. The second-order valence-electron chi connectivity index (χ2n) is 8.91. The van der Waals surface area contributed by atoms with Crippen LogP contribution in [-0.4, -0.2) is 67.5 Å². The van der Waals surface area contributed by atoms with Crippen LogP contribution in [0.2, 0.25) is 0 Å². The van der Waals surface area contributed by atoms with Gasteiger partial charge in [-0.1, -0.05) is 49.0 Å². The molecule has 4 rings (SSSR count). The Bertz CT molecular complexity index is 999. The lowest BCUT2D eigenvalue weighted by atomic mass is 9.71. The van der Waals surface area contributed by atoms with Crippen molar-refractivity contribution in [2.24, 2.45) is 0 Å². The molecule has 2 amide bonds. The lowest BCUT2D eigenvalue weighted by molar-refractivity contribution is -0.141. The van der Waals surface area contributed by atoms with Crippen molar-refractivity contribution in [3.8, 4) is 5.75 Å². The lowest BCUT2D eigenvalue weighted by Crippen LogP contribution is -2.55. The summed E-state index contributed by atoms with van der Waals surface area (Å²) in [6.07, 6.45) is 2.43. The third kappa shape index (κ3) is 4.47. The van der Waals surface area contributed by atoms with E-state index in [4.69, 9.17) is 4.74 Å². The zero-order valence-electron chi connectivity index (χ0n) is 19.6. The first-order chi connectivity index (χ1) is 16.0. The van der Waals surface area contributed by atoms with Gasteiger partial charge in [0.05, 0.1) is 24.2 Å². The minimum absolute atomic E-state index is 0.0774. The molecule has 2 aromatic carbocycles. The molecule has 0 aliphatic carbocycles. The Morgan fingerprint density at radius 3 is 2.45 bits per heavy atom. The molecule has 2 heterocycles. The quantitative estimate of drug-likeness (QED) is 0.637. The largest absolute Gasteiger partial charge is 0.485 e. The summed E-state index contributed by atoms with van der Waals surface area (Å²) < 4.78 is 6.27. The molecule has 0 saturated carbocycles. The predicted molar refractivity (Wildman–Crippen MR) is 131 cm³/mol. The highest BCUT2D eigenvalue weighted by Crippen LogP contribution is 2.38. The molecule has 0 radical (unpaired) electrons. The lowest BCUT2D eigenvalue weighted by Gasteiger charge is -2.44. The van der Waals surface area contributed by atoms with E-state index in [0.29, 0.717) is 32.5 Å². The van der Waals surface area contributed by atoms with E-state index in [0.717, 1.165) is 30.1 Å². The molecule has 0 spiro atoms. The highest BCUT2D eigenvalue weighted by Gasteiger charge is 2.45. The maximum absolute atomic E-state index is 14.0. The predicted octanol–water partition coefficient (Wildman–Crippen LogP) is 3.48. The van der Waals surface area contributed by atoms with Crippen LogP contribution >= 0.6 is 0 Å². The fraction of sp³-hybridized carbons (Fsp3) is 0.407. The molecular formula is C27H33N3O3. The second-order valence-corrected chi connectivity index (χ2v) is 8.91. The van der Waals surface area contributed by atoms with Crippen molar-refractivity contribution >= 4 is 17.5 Å². The topological polar surface area (TPSA) is 53.1 Å². The number of carbonyl (C=O) groups is 2. The van der Waals surface area contributed by atoms with Gasteiger partial charge in [-0.2, -0.15) is 0 Å². The maximum Gasteiger partial charge on any atom is 0.245 e. The van der Waals surface area contributed by atoms with Crippen molar-refractivity contribution in [3.63, 3.8) is 0 Å². The van der Waals surface area contributed by atoms with Crippen LogP contribution < -0.4 is 9.64 Å². The van der Waals surface area contributed by atoms with Gasteiger partial charge >= 0.3 is 0 Å². The zero-order chi connectivity index (χ0) is 23.4. The number of hydrogen-bond donors (Lipinski definition) is 0. The number of likely N-dealkylation sites (tertiary alicyclic amines) is 1. The number of fused-ring (bicyclic) bond motifs is 1. The van der Waals surface area contributed by atoms with Crippen LogP contribution in [0, 0.1) is 0 Å². The van der Waals surface area contributed by atoms with E-state index in [-0.39, 0.29) is 17.9 Å². The molecule has 33 heavy (non-hydrogen) atoms. The Kier molecular flexibility index (Phi) is 6.72. The summed E-state index contributed by atoms with van der Waals surface area (Å²) >= 11 is 0. The third-order valence-corrected chi connectivity index (χ3v) is 6.97. The monoisotopic (exact) mass is 447 g/mol. The molecule has 1 atom stereocenters. The number of likely N-dealkylation sites (N-methyl/N-ethyl adjacent to an activating group) is 2. The first-order valence-electron chi connectivity index (χ1n) is 11.7. The van der Waals surface area contributed by atoms with Crippen LogP contribution in [0.15, 0.2) is 67.3 Å². The Hall–Kier alpha value is -3.28. The van der Waals surface area contributed by atoms with Crippen LogP contribution in [0.1, 0.15) is 25.3 Å². The summed E-state index contributed by atoms with van der Waals surface area (Å²) in [7, 11) is 1.87. The van der Waals surface area contributed by atoms with Gasteiger partial charge < -0.3 is 19.4 Å². The zero-order valence-corrected chi connectivity index (χ0v) is 19.6. The fourth-order valence-corrected chi connectivity index (χ4v) is 5.15. The molecule has 0 aromatic heterocycles. The van der Waals surface area contributed by atoms with E-state index in [1.807, 2.05) is 60.5 Å². The number of piperidine rings is 1. The molecule has 6 nitrogen and oxygen atoms in total. The van der Waals surface area contributed by atoms with E-state index in [1.165, 1.54) is 6.08 Å². The molecule has 1 unspecified atom stereocenters. The Morgan fingerprint density at radius 1 is 1.12 bits per heavy atom. The summed E-state index contributed by atoms with van der Waals surface area (Å²) in [5.41, 5.74) is 1.47. The van der Waals surface area contributed by atoms with Gasteiger partial charge in [-0.05, 0) is 43.5 Å². The third-order valence-electron chi connectivity index (χ3n) is 6.97. The van der Waals surface area contributed by atoms with Crippen LogP contribution in [0.3, 0.4) is 0 Å². The summed E-state index contributed by atoms with van der Waals surface area (Å²) in [5.74, 6) is 0.877. The molecule has 2 aliphatic heterocycles. The number of nitrogens with zero attached hydrogens (tertiary/aromatic N) is 3. The van der Waals surface area contributed by atoms with Crippen molar-refractivity contribution in [2.75, 3.05) is 44.7 Å². The molecule has 1 saturated heterocycles. The normalized spacial score (nSPS) is 19.3. The molecule has 0 bridgehead atoms. The Morgan fingerprint density at radius 2 is 1.79 bits per heavy atom. The minimum Gasteiger partial charge on any atom is -0.485 e. The van der Waals surface area contributed by atoms with Gasteiger partial charge in [-0.25, -0.2) is 0 Å². The van der Waals surface area contributed by atoms with Crippen LogP contribution in [-0.2, 0) is 15.0 Å². The molecule has 6 heteroatoms. The van der Waals surface area contributed by atoms with E-state index in [1.54, 1.807) is 4.90 Å². The second kappa shape index (κ2) is 9.69. The number of benzene rings is 2.